The van der Waals surface area contributed by atoms with Crippen LogP contribution in [0.5, 0.6) is 0 Å². The van der Waals surface area contributed by atoms with Crippen LogP contribution in [0.25, 0.3) is 0 Å². The van der Waals surface area contributed by atoms with Crippen LogP contribution in [0.15, 0.2) is 64.6 Å². The highest BCUT2D eigenvalue weighted by Crippen LogP contribution is 2.26. The van der Waals surface area contributed by atoms with Crippen molar-refractivity contribution in [2.24, 2.45) is 0 Å². The molecule has 3 N–H and O–H groups in total. The number of thiophene rings is 1. The second-order valence-electron chi connectivity index (χ2n) is 6.63. The molecular formula is C22H25N3O3S. The lowest BCUT2D eigenvalue weighted by Crippen LogP contribution is -2.43. The molecule has 0 aliphatic carbocycles. The van der Waals surface area contributed by atoms with Crippen molar-refractivity contribution in [2.75, 3.05) is 6.54 Å². The van der Waals surface area contributed by atoms with E-state index in [1.54, 1.807) is 23.5 Å². The number of amides is 3. The Balaban J connectivity index is 1.55. The Morgan fingerprint density at radius 2 is 1.93 bits per heavy atom. The average molecular weight is 412 g/mol. The molecule has 1 atom stereocenters. The van der Waals surface area contributed by atoms with Gasteiger partial charge in [0.25, 0.3) is 0 Å². The number of carbonyl (C=O) groups is 2. The van der Waals surface area contributed by atoms with E-state index in [4.69, 9.17) is 4.42 Å². The molecule has 3 amide bonds. The molecule has 0 spiro atoms. The molecule has 0 radical (unpaired) electrons. The van der Waals surface area contributed by atoms with Crippen LogP contribution in [0.4, 0.5) is 4.79 Å². The largest absolute Gasteiger partial charge is 0.467 e. The fourth-order valence-electron chi connectivity index (χ4n) is 2.99. The first-order valence-electron chi connectivity index (χ1n) is 9.61. The number of carbonyl (C=O) groups excluding carboxylic acids is 2. The number of rotatable bonds is 9. The van der Waals surface area contributed by atoms with Crippen LogP contribution < -0.4 is 16.0 Å². The van der Waals surface area contributed by atoms with Crippen molar-refractivity contribution in [3.63, 3.8) is 0 Å². The summed E-state index contributed by atoms with van der Waals surface area (Å²) < 4.78 is 5.14. The summed E-state index contributed by atoms with van der Waals surface area (Å²) in [5.74, 6) is 0.223. The summed E-state index contributed by atoms with van der Waals surface area (Å²) in [4.78, 5) is 25.2. The number of hydrogen-bond acceptors (Lipinski definition) is 5. The maximum Gasteiger partial charge on any atom is 0.321 e. The zero-order valence-electron chi connectivity index (χ0n) is 16.3. The van der Waals surface area contributed by atoms with Gasteiger partial charge in [0.1, 0.15) is 5.76 Å². The van der Waals surface area contributed by atoms with Crippen molar-refractivity contribution in [1.82, 2.24) is 16.0 Å². The third kappa shape index (κ3) is 6.30. The van der Waals surface area contributed by atoms with Crippen LogP contribution in [0, 0.1) is 0 Å². The van der Waals surface area contributed by atoms with Gasteiger partial charge in [0.15, 0.2) is 0 Å². The quantitative estimate of drug-likeness (QED) is 0.497. The molecule has 3 rings (SSSR count). The van der Waals surface area contributed by atoms with Crippen LogP contribution in [-0.2, 0) is 17.8 Å². The summed E-state index contributed by atoms with van der Waals surface area (Å²) >= 11 is 1.63. The molecule has 0 aliphatic rings. The Bertz CT molecular complexity index is 890. The number of hydrogen-bond donors (Lipinski definition) is 3. The molecule has 29 heavy (non-hydrogen) atoms. The molecule has 152 valence electrons. The second-order valence-corrected chi connectivity index (χ2v) is 7.61. The van der Waals surface area contributed by atoms with Gasteiger partial charge in [0, 0.05) is 4.88 Å². The Labute approximate surface area is 174 Å². The minimum atomic E-state index is -0.551. The lowest BCUT2D eigenvalue weighted by Gasteiger charge is -2.18. The molecule has 2 aromatic heterocycles. The van der Waals surface area contributed by atoms with E-state index in [0.29, 0.717) is 5.76 Å². The molecule has 3 aromatic rings. The lowest BCUT2D eigenvalue weighted by molar-refractivity contribution is -0.119. The lowest BCUT2D eigenvalue weighted by atomic mass is 10.0. The normalized spacial score (nSPS) is 11.8. The molecule has 2 heterocycles. The van der Waals surface area contributed by atoms with Gasteiger partial charge < -0.3 is 9.73 Å². The predicted octanol–water partition coefficient (Wildman–Crippen LogP) is 4.00. The van der Waals surface area contributed by atoms with E-state index in [0.717, 1.165) is 23.3 Å². The van der Waals surface area contributed by atoms with E-state index in [-0.39, 0.29) is 19.1 Å². The molecule has 1 aromatic carbocycles. The molecule has 0 fully saturated rings. The van der Waals surface area contributed by atoms with Crippen LogP contribution >= 0.6 is 11.3 Å². The van der Waals surface area contributed by atoms with Crippen molar-refractivity contribution in [3.05, 3.63) is 81.9 Å². The molecule has 0 saturated heterocycles. The Hall–Kier alpha value is -2.90. The fourth-order valence-corrected chi connectivity index (χ4v) is 3.82. The van der Waals surface area contributed by atoms with Crippen LogP contribution in [0.1, 0.15) is 41.2 Å². The molecule has 7 heteroatoms. The van der Waals surface area contributed by atoms with Gasteiger partial charge in [-0.25, -0.2) is 4.79 Å². The maximum absolute atomic E-state index is 12.2. The first kappa shape index (κ1) is 20.8. The first-order chi connectivity index (χ1) is 14.2. The van der Waals surface area contributed by atoms with Gasteiger partial charge in [-0.15, -0.1) is 11.3 Å². The smallest absolute Gasteiger partial charge is 0.321 e. The Kier molecular flexibility index (Phi) is 7.61. The van der Waals surface area contributed by atoms with E-state index >= 15 is 0 Å². The molecule has 0 aliphatic heterocycles. The molecule has 0 bridgehead atoms. The van der Waals surface area contributed by atoms with Crippen molar-refractivity contribution < 1.29 is 14.0 Å². The summed E-state index contributed by atoms with van der Waals surface area (Å²) in [5, 5.41) is 10.2. The van der Waals surface area contributed by atoms with Crippen molar-refractivity contribution >= 4 is 23.3 Å². The summed E-state index contributed by atoms with van der Waals surface area (Å²) in [6.07, 6.45) is 3.69. The summed E-state index contributed by atoms with van der Waals surface area (Å²) in [7, 11) is 0. The van der Waals surface area contributed by atoms with Crippen LogP contribution in [0.3, 0.4) is 0 Å². The van der Waals surface area contributed by atoms with Crippen LogP contribution in [-0.4, -0.2) is 18.5 Å². The van der Waals surface area contributed by atoms with Gasteiger partial charge in [0.05, 0.1) is 25.4 Å². The second kappa shape index (κ2) is 10.6. The van der Waals surface area contributed by atoms with Gasteiger partial charge in [-0.05, 0) is 41.1 Å². The summed E-state index contributed by atoms with van der Waals surface area (Å²) in [5.41, 5.74) is 2.38. The van der Waals surface area contributed by atoms with Gasteiger partial charge >= 0.3 is 6.03 Å². The zero-order valence-corrected chi connectivity index (χ0v) is 17.1. The molecule has 0 unspecified atom stereocenters. The summed E-state index contributed by atoms with van der Waals surface area (Å²) in [6.45, 7) is 2.40. The van der Waals surface area contributed by atoms with Gasteiger partial charge in [-0.2, -0.15) is 0 Å². The highest BCUT2D eigenvalue weighted by Gasteiger charge is 2.17. The number of benzene rings is 1. The number of furan rings is 1. The van der Waals surface area contributed by atoms with E-state index < -0.39 is 11.9 Å². The van der Waals surface area contributed by atoms with Crippen LogP contribution in [0.2, 0.25) is 0 Å². The third-order valence-electron chi connectivity index (χ3n) is 4.40. The number of imide groups is 1. The van der Waals surface area contributed by atoms with Gasteiger partial charge in [0.2, 0.25) is 5.91 Å². The standard InChI is InChI=1S/C22H25N3O3S/c1-2-5-16-8-10-17(11-9-16)21(19-7-4-13-29-19)23-15-20(26)25-22(27)24-14-18-6-3-12-28-18/h3-4,6-13,21,23H,2,5,14-15H2,1H3,(H2,24,25,26,27)/t21-/m1/s1. The number of aryl methyl sites for hydroxylation is 1. The first-order valence-corrected chi connectivity index (χ1v) is 10.5. The summed E-state index contributed by atoms with van der Waals surface area (Å²) in [6, 6.07) is 15.3. The number of nitrogens with one attached hydrogen (secondary N) is 3. The molecule has 0 saturated carbocycles. The Morgan fingerprint density at radius 1 is 1.10 bits per heavy atom. The number of urea groups is 1. The molecular weight excluding hydrogens is 386 g/mol. The zero-order chi connectivity index (χ0) is 20.5. The van der Waals surface area contributed by atoms with E-state index in [9.17, 15) is 9.59 Å². The third-order valence-corrected chi connectivity index (χ3v) is 5.34. The minimum absolute atomic E-state index is 0.0213. The maximum atomic E-state index is 12.2. The van der Waals surface area contributed by atoms with E-state index in [2.05, 4.69) is 47.1 Å². The highest BCUT2D eigenvalue weighted by molar-refractivity contribution is 7.10. The highest BCUT2D eigenvalue weighted by atomic mass is 32.1. The van der Waals surface area contributed by atoms with Crippen molar-refractivity contribution in [3.8, 4) is 0 Å². The van der Waals surface area contributed by atoms with E-state index in [1.807, 2.05) is 17.5 Å². The Morgan fingerprint density at radius 3 is 2.59 bits per heavy atom. The van der Waals surface area contributed by atoms with Gasteiger partial charge in [-0.1, -0.05) is 43.7 Å². The SMILES string of the molecule is CCCc1ccc([C@@H](NCC(=O)NC(=O)NCc2ccco2)c2cccs2)cc1. The monoisotopic (exact) mass is 411 g/mol. The minimum Gasteiger partial charge on any atom is -0.467 e. The predicted molar refractivity (Wildman–Crippen MR) is 114 cm³/mol. The van der Waals surface area contributed by atoms with Crippen molar-refractivity contribution in [2.45, 2.75) is 32.4 Å². The van der Waals surface area contributed by atoms with Gasteiger partial charge in [-0.3, -0.25) is 15.4 Å². The molecule has 6 nitrogen and oxygen atoms in total. The van der Waals surface area contributed by atoms with E-state index in [1.165, 1.54) is 11.8 Å². The fraction of sp³-hybridized carbons (Fsp3) is 0.273. The average Bonchev–Trinajstić information content (AvgIpc) is 3.42. The van der Waals surface area contributed by atoms with Crippen molar-refractivity contribution in [1.29, 1.82) is 0 Å². The topological polar surface area (TPSA) is 83.4 Å².